The molecule has 0 aliphatic carbocycles. The van der Waals surface area contributed by atoms with Gasteiger partial charge in [0, 0.05) is 37.3 Å². The van der Waals surface area contributed by atoms with Gasteiger partial charge in [0.25, 0.3) is 5.91 Å². The summed E-state index contributed by atoms with van der Waals surface area (Å²) in [6.07, 6.45) is 6.98. The van der Waals surface area contributed by atoms with Gasteiger partial charge in [-0.25, -0.2) is 0 Å². The Hall–Kier alpha value is -2.82. The standard InChI is InChI=1S/C26H32N2O3/c1-31-24-13-7-20(8-14-24)5-6-21-15-18-27(19-16-21)26(30)22-9-11-23(12-10-22)28-17-3-2-4-25(28)29/h7-14,21H,2-6,15-19H2,1H3. The van der Waals surface area contributed by atoms with E-state index in [1.165, 1.54) is 5.56 Å². The molecule has 0 N–H and O–H groups in total. The smallest absolute Gasteiger partial charge is 0.253 e. The van der Waals surface area contributed by atoms with Gasteiger partial charge in [-0.05, 0) is 86.4 Å². The maximum absolute atomic E-state index is 12.9. The van der Waals surface area contributed by atoms with E-state index >= 15 is 0 Å². The lowest BCUT2D eigenvalue weighted by molar-refractivity contribution is -0.119. The number of likely N-dealkylation sites (tertiary alicyclic amines) is 1. The van der Waals surface area contributed by atoms with Crippen molar-refractivity contribution in [3.8, 4) is 5.75 Å². The van der Waals surface area contributed by atoms with Crippen LogP contribution in [-0.2, 0) is 11.2 Å². The number of benzene rings is 2. The number of ether oxygens (including phenoxy) is 1. The lowest BCUT2D eigenvalue weighted by Gasteiger charge is -2.32. The average Bonchev–Trinajstić information content (AvgIpc) is 2.83. The quantitative estimate of drug-likeness (QED) is 0.681. The largest absolute Gasteiger partial charge is 0.497 e. The van der Waals surface area contributed by atoms with E-state index in [1.807, 2.05) is 46.2 Å². The Kier molecular flexibility index (Phi) is 6.90. The van der Waals surface area contributed by atoms with E-state index in [1.54, 1.807) is 7.11 Å². The summed E-state index contributed by atoms with van der Waals surface area (Å²) in [5, 5.41) is 0. The number of carbonyl (C=O) groups is 2. The van der Waals surface area contributed by atoms with E-state index in [9.17, 15) is 9.59 Å². The summed E-state index contributed by atoms with van der Waals surface area (Å²) in [4.78, 5) is 28.9. The third-order valence-electron chi connectivity index (χ3n) is 6.65. The molecular weight excluding hydrogens is 388 g/mol. The molecule has 164 valence electrons. The lowest BCUT2D eigenvalue weighted by Crippen LogP contribution is -2.38. The number of piperidine rings is 2. The fourth-order valence-electron chi connectivity index (χ4n) is 4.63. The fourth-order valence-corrected chi connectivity index (χ4v) is 4.63. The molecule has 0 spiro atoms. The number of carbonyl (C=O) groups excluding carboxylic acids is 2. The molecule has 2 aliphatic rings. The van der Waals surface area contributed by atoms with Crippen LogP contribution in [0.5, 0.6) is 5.75 Å². The summed E-state index contributed by atoms with van der Waals surface area (Å²) in [5.74, 6) is 1.84. The molecule has 2 amide bonds. The minimum absolute atomic E-state index is 0.102. The number of amides is 2. The molecule has 5 heteroatoms. The van der Waals surface area contributed by atoms with Crippen molar-refractivity contribution < 1.29 is 14.3 Å². The number of hydrogen-bond donors (Lipinski definition) is 0. The van der Waals surface area contributed by atoms with Gasteiger partial charge >= 0.3 is 0 Å². The van der Waals surface area contributed by atoms with E-state index < -0.39 is 0 Å². The fraction of sp³-hybridized carbons (Fsp3) is 0.462. The van der Waals surface area contributed by atoms with Crippen LogP contribution < -0.4 is 9.64 Å². The van der Waals surface area contributed by atoms with Crippen LogP contribution in [0.4, 0.5) is 5.69 Å². The predicted octanol–water partition coefficient (Wildman–Crippen LogP) is 4.70. The molecule has 4 rings (SSSR count). The highest BCUT2D eigenvalue weighted by Gasteiger charge is 2.24. The first-order valence-corrected chi connectivity index (χ1v) is 11.5. The molecule has 2 aromatic rings. The van der Waals surface area contributed by atoms with Crippen LogP contribution in [-0.4, -0.2) is 43.5 Å². The Morgan fingerprint density at radius 3 is 2.32 bits per heavy atom. The molecule has 2 saturated heterocycles. The highest BCUT2D eigenvalue weighted by atomic mass is 16.5. The van der Waals surface area contributed by atoms with Gasteiger partial charge in [0.2, 0.25) is 5.91 Å². The molecule has 0 aromatic heterocycles. The number of anilines is 1. The zero-order chi connectivity index (χ0) is 21.6. The number of rotatable bonds is 6. The van der Waals surface area contributed by atoms with Gasteiger partial charge in [-0.1, -0.05) is 12.1 Å². The van der Waals surface area contributed by atoms with Crippen LogP contribution in [0.2, 0.25) is 0 Å². The van der Waals surface area contributed by atoms with Crippen molar-refractivity contribution in [1.29, 1.82) is 0 Å². The highest BCUT2D eigenvalue weighted by molar-refractivity contribution is 5.97. The van der Waals surface area contributed by atoms with Crippen molar-refractivity contribution in [2.45, 2.75) is 44.9 Å². The zero-order valence-corrected chi connectivity index (χ0v) is 18.4. The van der Waals surface area contributed by atoms with E-state index in [0.29, 0.717) is 17.9 Å². The van der Waals surface area contributed by atoms with Gasteiger partial charge in [0.05, 0.1) is 7.11 Å². The minimum Gasteiger partial charge on any atom is -0.497 e. The van der Waals surface area contributed by atoms with Gasteiger partial charge in [-0.15, -0.1) is 0 Å². The van der Waals surface area contributed by atoms with E-state index in [-0.39, 0.29) is 11.8 Å². The second-order valence-electron chi connectivity index (χ2n) is 8.67. The van der Waals surface area contributed by atoms with Crippen LogP contribution in [0.25, 0.3) is 0 Å². The van der Waals surface area contributed by atoms with Gasteiger partial charge in [-0.2, -0.15) is 0 Å². The Morgan fingerprint density at radius 2 is 1.68 bits per heavy atom. The molecule has 31 heavy (non-hydrogen) atoms. The molecule has 0 unspecified atom stereocenters. The highest BCUT2D eigenvalue weighted by Crippen LogP contribution is 2.26. The van der Waals surface area contributed by atoms with Crippen molar-refractivity contribution in [1.82, 2.24) is 4.90 Å². The number of aryl methyl sites for hydroxylation is 1. The van der Waals surface area contributed by atoms with E-state index in [4.69, 9.17) is 4.74 Å². The van der Waals surface area contributed by atoms with Crippen molar-refractivity contribution in [2.24, 2.45) is 5.92 Å². The lowest BCUT2D eigenvalue weighted by atomic mass is 9.90. The topological polar surface area (TPSA) is 49.9 Å². The van der Waals surface area contributed by atoms with Crippen LogP contribution in [0.3, 0.4) is 0 Å². The molecule has 2 aliphatic heterocycles. The summed E-state index contributed by atoms with van der Waals surface area (Å²) >= 11 is 0. The van der Waals surface area contributed by atoms with Crippen LogP contribution in [0, 0.1) is 5.92 Å². The molecular formula is C26H32N2O3. The van der Waals surface area contributed by atoms with Gasteiger partial charge in [0.15, 0.2) is 0 Å². The van der Waals surface area contributed by atoms with Crippen molar-refractivity contribution in [3.05, 3.63) is 59.7 Å². The summed E-state index contributed by atoms with van der Waals surface area (Å²) in [5.41, 5.74) is 2.95. The van der Waals surface area contributed by atoms with Gasteiger partial charge in [-0.3, -0.25) is 9.59 Å². The average molecular weight is 421 g/mol. The van der Waals surface area contributed by atoms with Crippen LogP contribution >= 0.6 is 0 Å². The molecule has 0 bridgehead atoms. The first kappa shape index (κ1) is 21.4. The normalized spacial score (nSPS) is 17.6. The number of methoxy groups -OCH3 is 1. The Labute approximate surface area is 185 Å². The number of nitrogens with zero attached hydrogens (tertiary/aromatic N) is 2. The molecule has 0 atom stereocenters. The molecule has 5 nitrogen and oxygen atoms in total. The van der Waals surface area contributed by atoms with Crippen LogP contribution in [0.15, 0.2) is 48.5 Å². The summed E-state index contributed by atoms with van der Waals surface area (Å²) in [6, 6.07) is 15.9. The first-order chi connectivity index (χ1) is 15.1. The third kappa shape index (κ3) is 5.27. The van der Waals surface area contributed by atoms with Crippen molar-refractivity contribution in [2.75, 3.05) is 31.6 Å². The SMILES string of the molecule is COc1ccc(CCC2CCN(C(=O)c3ccc(N4CCCCC4=O)cc3)CC2)cc1. The minimum atomic E-state index is 0.102. The van der Waals surface area contributed by atoms with E-state index in [2.05, 4.69) is 12.1 Å². The molecule has 0 radical (unpaired) electrons. The third-order valence-corrected chi connectivity index (χ3v) is 6.65. The zero-order valence-electron chi connectivity index (χ0n) is 18.4. The summed E-state index contributed by atoms with van der Waals surface area (Å²) in [7, 11) is 1.69. The van der Waals surface area contributed by atoms with Crippen molar-refractivity contribution >= 4 is 17.5 Å². The van der Waals surface area contributed by atoms with Crippen molar-refractivity contribution in [3.63, 3.8) is 0 Å². The monoisotopic (exact) mass is 420 g/mol. The summed E-state index contributed by atoms with van der Waals surface area (Å²) in [6.45, 7) is 2.41. The Bertz CT molecular complexity index is 884. The predicted molar refractivity (Wildman–Crippen MR) is 123 cm³/mol. The number of hydrogen-bond acceptors (Lipinski definition) is 3. The molecule has 2 fully saturated rings. The Balaban J connectivity index is 1.26. The summed E-state index contributed by atoms with van der Waals surface area (Å²) < 4.78 is 5.22. The molecule has 2 heterocycles. The molecule has 2 aromatic carbocycles. The molecule has 0 saturated carbocycles. The Morgan fingerprint density at radius 1 is 0.968 bits per heavy atom. The van der Waals surface area contributed by atoms with E-state index in [0.717, 1.165) is 69.6 Å². The van der Waals surface area contributed by atoms with Crippen LogP contribution in [0.1, 0.15) is 54.4 Å². The second kappa shape index (κ2) is 9.99. The van der Waals surface area contributed by atoms with Gasteiger partial charge in [0.1, 0.15) is 5.75 Å². The van der Waals surface area contributed by atoms with Gasteiger partial charge < -0.3 is 14.5 Å². The first-order valence-electron chi connectivity index (χ1n) is 11.5. The maximum Gasteiger partial charge on any atom is 0.253 e. The maximum atomic E-state index is 12.9. The second-order valence-corrected chi connectivity index (χ2v) is 8.67.